The molecule has 7 heteroatoms. The van der Waals surface area contributed by atoms with E-state index >= 15 is 0 Å². The number of methoxy groups -OCH3 is 1. The van der Waals surface area contributed by atoms with Crippen LogP contribution in [0.2, 0.25) is 0 Å². The van der Waals surface area contributed by atoms with Crippen molar-refractivity contribution >= 4 is 10.9 Å². The number of aromatic amines is 1. The second kappa shape index (κ2) is 15.0. The van der Waals surface area contributed by atoms with E-state index in [-0.39, 0.29) is 0 Å². The molecule has 52 heavy (non-hydrogen) atoms. The lowest BCUT2D eigenvalue weighted by Crippen LogP contribution is -2.36. The summed E-state index contributed by atoms with van der Waals surface area (Å²) in [7, 11) is 1.70. The van der Waals surface area contributed by atoms with Crippen molar-refractivity contribution in [3.05, 3.63) is 203 Å². The zero-order valence-corrected chi connectivity index (χ0v) is 29.4. The van der Waals surface area contributed by atoms with Crippen LogP contribution in [0.4, 0.5) is 0 Å². The number of imidazole rings is 1. The fourth-order valence-electron chi connectivity index (χ4n) is 7.51. The smallest absolute Gasteiger partial charge is 0.137 e. The molecule has 258 valence electrons. The number of rotatable bonds is 14. The minimum atomic E-state index is -0.580. The van der Waals surface area contributed by atoms with Crippen molar-refractivity contribution in [1.82, 2.24) is 29.3 Å². The zero-order valence-electron chi connectivity index (χ0n) is 29.4. The van der Waals surface area contributed by atoms with Crippen molar-refractivity contribution < 1.29 is 4.74 Å². The number of fused-ring (bicyclic) bond motifs is 1. The number of hydrogen-bond acceptors (Lipinski definition) is 4. The lowest BCUT2D eigenvalue weighted by molar-refractivity contribution is 0.414. The van der Waals surface area contributed by atoms with Gasteiger partial charge in [-0.2, -0.15) is 0 Å². The number of aromatic nitrogens is 6. The normalized spacial score (nSPS) is 11.6. The molecule has 7 nitrogen and oxygen atoms in total. The summed E-state index contributed by atoms with van der Waals surface area (Å²) in [6.07, 6.45) is 8.28. The molecule has 0 spiro atoms. The van der Waals surface area contributed by atoms with E-state index in [9.17, 15) is 0 Å². The van der Waals surface area contributed by atoms with E-state index < -0.39 is 5.54 Å². The summed E-state index contributed by atoms with van der Waals surface area (Å²) in [6.45, 7) is 0.794. The number of para-hydroxylation sites is 1. The van der Waals surface area contributed by atoms with Gasteiger partial charge >= 0.3 is 0 Å². The Kier molecular flexibility index (Phi) is 9.48. The largest absolute Gasteiger partial charge is 0.497 e. The SMILES string of the molecule is COc1cccc(Cc2nnc(CCc3cc4ccccc4[nH]3)n2CCCc2cn(C(c3ccccc3)(c3ccccc3)c3ccccc3)cn2)c1. The van der Waals surface area contributed by atoms with E-state index in [2.05, 4.69) is 154 Å². The molecular formula is C45H42N6O. The maximum absolute atomic E-state index is 5.51. The highest BCUT2D eigenvalue weighted by Gasteiger charge is 2.38. The Hall–Kier alpha value is -6.21. The minimum Gasteiger partial charge on any atom is -0.497 e. The molecule has 0 aliphatic heterocycles. The summed E-state index contributed by atoms with van der Waals surface area (Å²) in [5, 5.41) is 10.7. The van der Waals surface area contributed by atoms with Gasteiger partial charge in [-0.1, -0.05) is 121 Å². The number of aryl methyl sites for hydroxylation is 3. The third-order valence-electron chi connectivity index (χ3n) is 10.0. The number of benzene rings is 5. The lowest BCUT2D eigenvalue weighted by atomic mass is 9.77. The summed E-state index contributed by atoms with van der Waals surface area (Å²) in [4.78, 5) is 8.59. The quantitative estimate of drug-likeness (QED) is 0.116. The number of nitrogens with one attached hydrogen (secondary N) is 1. The number of nitrogens with zero attached hydrogens (tertiary/aromatic N) is 5. The van der Waals surface area contributed by atoms with Crippen LogP contribution in [0.3, 0.4) is 0 Å². The highest BCUT2D eigenvalue weighted by Crippen LogP contribution is 2.40. The molecule has 8 aromatic rings. The molecule has 0 saturated carbocycles. The first kappa shape index (κ1) is 33.0. The van der Waals surface area contributed by atoms with Gasteiger partial charge in [0.1, 0.15) is 22.9 Å². The summed E-state index contributed by atoms with van der Waals surface area (Å²) < 4.78 is 10.1. The maximum atomic E-state index is 5.51. The Balaban J connectivity index is 1.07. The Morgan fingerprint density at radius 1 is 0.654 bits per heavy atom. The fourth-order valence-corrected chi connectivity index (χ4v) is 7.51. The first-order valence-corrected chi connectivity index (χ1v) is 18.0. The van der Waals surface area contributed by atoms with Gasteiger partial charge in [0, 0.05) is 36.8 Å². The van der Waals surface area contributed by atoms with Gasteiger partial charge < -0.3 is 18.9 Å². The number of hydrogen-bond donors (Lipinski definition) is 1. The van der Waals surface area contributed by atoms with Crippen molar-refractivity contribution in [2.24, 2.45) is 0 Å². The van der Waals surface area contributed by atoms with Crippen LogP contribution < -0.4 is 4.74 Å². The van der Waals surface area contributed by atoms with Gasteiger partial charge in [-0.15, -0.1) is 10.2 Å². The average Bonchev–Trinajstić information content (AvgIpc) is 3.95. The molecule has 3 heterocycles. The molecular weight excluding hydrogens is 641 g/mol. The molecule has 0 amide bonds. The number of ether oxygens (including phenoxy) is 1. The predicted molar refractivity (Wildman–Crippen MR) is 207 cm³/mol. The van der Waals surface area contributed by atoms with Crippen LogP contribution in [0, 0.1) is 0 Å². The third kappa shape index (κ3) is 6.65. The minimum absolute atomic E-state index is 0.580. The van der Waals surface area contributed by atoms with Crippen molar-refractivity contribution in [3.63, 3.8) is 0 Å². The maximum Gasteiger partial charge on any atom is 0.137 e. The molecule has 3 aromatic heterocycles. The summed E-state index contributed by atoms with van der Waals surface area (Å²) >= 11 is 0. The van der Waals surface area contributed by atoms with Crippen LogP contribution in [0.5, 0.6) is 5.75 Å². The summed E-state index contributed by atoms with van der Waals surface area (Å²) in [5.74, 6) is 2.80. The van der Waals surface area contributed by atoms with Crippen molar-refractivity contribution in [3.8, 4) is 5.75 Å². The molecule has 0 fully saturated rings. The van der Waals surface area contributed by atoms with Gasteiger partial charge in [-0.05, 0) is 71.2 Å². The second-order valence-electron chi connectivity index (χ2n) is 13.3. The Bertz CT molecular complexity index is 2230. The first-order chi connectivity index (χ1) is 25.7. The van der Waals surface area contributed by atoms with Crippen LogP contribution in [0.15, 0.2) is 158 Å². The van der Waals surface area contributed by atoms with Gasteiger partial charge in [0.05, 0.1) is 19.1 Å². The predicted octanol–water partition coefficient (Wildman–Crippen LogP) is 8.81. The molecule has 0 radical (unpaired) electrons. The Labute approximate surface area is 304 Å². The van der Waals surface area contributed by atoms with Crippen LogP contribution in [-0.4, -0.2) is 36.4 Å². The molecule has 0 aliphatic rings. The van der Waals surface area contributed by atoms with Crippen molar-refractivity contribution in [1.29, 1.82) is 0 Å². The highest BCUT2D eigenvalue weighted by molar-refractivity contribution is 5.80. The van der Waals surface area contributed by atoms with Gasteiger partial charge in [-0.25, -0.2) is 4.98 Å². The lowest BCUT2D eigenvalue weighted by Gasteiger charge is -2.37. The first-order valence-electron chi connectivity index (χ1n) is 18.0. The molecule has 1 N–H and O–H groups in total. The summed E-state index contributed by atoms with van der Waals surface area (Å²) in [6, 6.07) is 51.1. The number of H-pyrrole nitrogens is 1. The molecule has 0 saturated heterocycles. The molecule has 0 bridgehead atoms. The third-order valence-corrected chi connectivity index (χ3v) is 10.0. The van der Waals surface area contributed by atoms with Crippen LogP contribution in [0.25, 0.3) is 10.9 Å². The van der Waals surface area contributed by atoms with Gasteiger partial charge in [0.2, 0.25) is 0 Å². The van der Waals surface area contributed by atoms with Crippen LogP contribution in [-0.2, 0) is 37.8 Å². The molecule has 0 aliphatic carbocycles. The van der Waals surface area contributed by atoms with E-state index in [1.807, 2.05) is 18.5 Å². The molecule has 0 unspecified atom stereocenters. The van der Waals surface area contributed by atoms with Gasteiger partial charge in [-0.3, -0.25) is 0 Å². The Morgan fingerprint density at radius 2 is 1.31 bits per heavy atom. The Morgan fingerprint density at radius 3 is 1.98 bits per heavy atom. The van der Waals surface area contributed by atoms with E-state index in [1.54, 1.807) is 7.11 Å². The van der Waals surface area contributed by atoms with Crippen molar-refractivity contribution in [2.75, 3.05) is 7.11 Å². The summed E-state index contributed by atoms with van der Waals surface area (Å²) in [5.41, 5.74) is 7.53. The van der Waals surface area contributed by atoms with E-state index in [1.165, 1.54) is 27.8 Å². The average molecular weight is 683 g/mol. The standard InChI is InChI=1S/C45H42N6O/c1-52-41-24-13-15-34(29-41)30-44-49-48-43(27-26-39-31-35-16-11-12-25-42(35)47-39)51(44)28-14-23-40-32-50(33-46-40)45(36-17-5-2-6-18-36,37-19-7-3-8-20-37)38-21-9-4-10-22-38/h2-13,15-22,24-25,29,31-33,47H,14,23,26-28,30H2,1H3. The van der Waals surface area contributed by atoms with E-state index in [4.69, 9.17) is 19.9 Å². The van der Waals surface area contributed by atoms with E-state index in [0.717, 1.165) is 66.4 Å². The fraction of sp³-hybridized carbons (Fsp3) is 0.178. The van der Waals surface area contributed by atoms with Gasteiger partial charge in [0.25, 0.3) is 0 Å². The van der Waals surface area contributed by atoms with Crippen molar-refractivity contribution in [2.45, 2.75) is 44.2 Å². The molecule has 8 rings (SSSR count). The monoisotopic (exact) mass is 682 g/mol. The van der Waals surface area contributed by atoms with Gasteiger partial charge in [0.15, 0.2) is 0 Å². The highest BCUT2D eigenvalue weighted by atomic mass is 16.5. The zero-order chi connectivity index (χ0) is 35.2. The van der Waals surface area contributed by atoms with Crippen LogP contribution in [0.1, 0.15) is 51.7 Å². The molecule has 0 atom stereocenters. The second-order valence-corrected chi connectivity index (χ2v) is 13.3. The molecule has 5 aromatic carbocycles. The topological polar surface area (TPSA) is 73.6 Å². The van der Waals surface area contributed by atoms with E-state index in [0.29, 0.717) is 6.42 Å². The van der Waals surface area contributed by atoms with Crippen LogP contribution >= 0.6 is 0 Å².